The summed E-state index contributed by atoms with van der Waals surface area (Å²) in [5, 5.41) is 0. The van der Waals surface area contributed by atoms with Gasteiger partial charge in [-0.25, -0.2) is 4.39 Å². The van der Waals surface area contributed by atoms with E-state index in [9.17, 15) is 18.8 Å². The van der Waals surface area contributed by atoms with Crippen LogP contribution in [0.4, 0.5) is 10.1 Å². The van der Waals surface area contributed by atoms with Crippen LogP contribution in [-0.4, -0.2) is 42.4 Å². The van der Waals surface area contributed by atoms with E-state index in [1.807, 2.05) is 42.5 Å². The van der Waals surface area contributed by atoms with Crippen LogP contribution in [0, 0.1) is 11.7 Å². The topological polar surface area (TPSA) is 66.9 Å². The highest BCUT2D eigenvalue weighted by Gasteiger charge is 2.33. The Morgan fingerprint density at radius 1 is 1.08 bits per heavy atom. The van der Waals surface area contributed by atoms with Crippen molar-refractivity contribution in [1.29, 1.82) is 0 Å². The molecule has 3 aromatic rings. The smallest absolute Gasteiger partial charge is 0.310 e. The quantitative estimate of drug-likeness (QED) is 0.285. The number of hydrogen-bond donors (Lipinski definition) is 0. The Balaban J connectivity index is 1.46. The molecule has 0 aromatic heterocycles. The second-order valence-corrected chi connectivity index (χ2v) is 10.6. The molecule has 0 aliphatic carbocycles. The van der Waals surface area contributed by atoms with Gasteiger partial charge in [0, 0.05) is 23.5 Å². The number of fused-ring (bicyclic) bond motifs is 1. The summed E-state index contributed by atoms with van der Waals surface area (Å²) in [4.78, 5) is 44.3. The third kappa shape index (κ3) is 6.06. The summed E-state index contributed by atoms with van der Waals surface area (Å²) in [7, 11) is 0. The van der Waals surface area contributed by atoms with E-state index in [1.54, 1.807) is 41.0 Å². The fraction of sp³-hybridized carbons (Fsp3) is 0.258. The first-order chi connectivity index (χ1) is 18.9. The summed E-state index contributed by atoms with van der Waals surface area (Å²) in [6, 6.07) is 21.1. The Hall–Kier alpha value is -3.91. The number of carbonyl (C=O) groups excluding carboxylic acids is 3. The molecule has 2 aliphatic heterocycles. The van der Waals surface area contributed by atoms with Gasteiger partial charge >= 0.3 is 5.97 Å². The van der Waals surface area contributed by atoms with Crippen molar-refractivity contribution in [2.75, 3.05) is 24.6 Å². The van der Waals surface area contributed by atoms with E-state index in [1.165, 1.54) is 23.9 Å². The Bertz CT molecular complexity index is 1410. The predicted octanol–water partition coefficient (Wildman–Crippen LogP) is 5.92. The number of halogens is 1. The highest BCUT2D eigenvalue weighted by molar-refractivity contribution is 8.04. The number of esters is 1. The molecule has 1 atom stereocenters. The van der Waals surface area contributed by atoms with E-state index >= 15 is 0 Å². The highest BCUT2D eigenvalue weighted by atomic mass is 32.2. The van der Waals surface area contributed by atoms with E-state index in [4.69, 9.17) is 4.74 Å². The lowest BCUT2D eigenvalue weighted by molar-refractivity contribution is -0.149. The van der Waals surface area contributed by atoms with Crippen molar-refractivity contribution in [3.05, 3.63) is 100 Å². The molecular formula is C31H29FN2O4S. The molecule has 200 valence electrons. The molecule has 0 saturated carbocycles. The lowest BCUT2D eigenvalue weighted by Crippen LogP contribution is -2.43. The highest BCUT2D eigenvalue weighted by Crippen LogP contribution is 2.43. The first-order valence-electron chi connectivity index (χ1n) is 13.0. The first-order valence-corrected chi connectivity index (χ1v) is 13.9. The number of carbonyl (C=O) groups is 3. The molecule has 3 aromatic carbocycles. The number of benzene rings is 3. The van der Waals surface area contributed by atoms with Crippen LogP contribution in [0.15, 0.2) is 82.6 Å². The van der Waals surface area contributed by atoms with E-state index in [-0.39, 0.29) is 36.1 Å². The van der Waals surface area contributed by atoms with Crippen molar-refractivity contribution in [1.82, 2.24) is 4.90 Å². The third-order valence-corrected chi connectivity index (χ3v) is 7.93. The van der Waals surface area contributed by atoms with E-state index in [0.29, 0.717) is 42.3 Å². The standard InChI is InChI=1S/C31H29FN2O4S/c1-2-38-31(37)24-9-6-16-33(20-24)29(35)23-12-15-27-26(18-23)34(19-22-10-13-25(32)14-11-22)30(36)28(39-27)17-21-7-4-3-5-8-21/h3-5,7-8,10-15,17-18,24H,2,6,9,16,19-20H2,1H3. The molecule has 2 heterocycles. The largest absolute Gasteiger partial charge is 0.466 e. The lowest BCUT2D eigenvalue weighted by Gasteiger charge is -2.33. The van der Waals surface area contributed by atoms with Crippen LogP contribution >= 0.6 is 11.8 Å². The van der Waals surface area contributed by atoms with Gasteiger partial charge in [0.1, 0.15) is 5.82 Å². The zero-order valence-corrected chi connectivity index (χ0v) is 22.5. The van der Waals surface area contributed by atoms with Gasteiger partial charge in [-0.05, 0) is 67.3 Å². The molecule has 1 unspecified atom stereocenters. The first kappa shape index (κ1) is 26.7. The van der Waals surface area contributed by atoms with Crippen LogP contribution in [0.1, 0.15) is 41.3 Å². The molecular weight excluding hydrogens is 515 g/mol. The van der Waals surface area contributed by atoms with Gasteiger partial charge in [0.05, 0.1) is 29.7 Å². The van der Waals surface area contributed by atoms with Gasteiger partial charge in [-0.1, -0.05) is 54.2 Å². The van der Waals surface area contributed by atoms with Crippen molar-refractivity contribution in [2.45, 2.75) is 31.2 Å². The van der Waals surface area contributed by atoms with Crippen LogP contribution in [0.3, 0.4) is 0 Å². The SMILES string of the molecule is CCOC(=O)C1CCCN(C(=O)c2ccc3c(c2)N(Cc2ccc(F)cc2)C(=O)C(=Cc2ccccc2)S3)C1. The minimum absolute atomic E-state index is 0.184. The number of likely N-dealkylation sites (tertiary alicyclic amines) is 1. The Morgan fingerprint density at radius 2 is 1.85 bits per heavy atom. The second kappa shape index (κ2) is 11.9. The maximum Gasteiger partial charge on any atom is 0.310 e. The Morgan fingerprint density at radius 3 is 2.59 bits per heavy atom. The minimum Gasteiger partial charge on any atom is -0.466 e. The molecule has 0 radical (unpaired) electrons. The predicted molar refractivity (Wildman–Crippen MR) is 150 cm³/mol. The number of anilines is 1. The molecule has 5 rings (SSSR count). The molecule has 2 aliphatic rings. The molecule has 6 nitrogen and oxygen atoms in total. The number of nitrogens with zero attached hydrogens (tertiary/aromatic N) is 2. The van der Waals surface area contributed by atoms with E-state index < -0.39 is 0 Å². The summed E-state index contributed by atoms with van der Waals surface area (Å²) >= 11 is 1.37. The summed E-state index contributed by atoms with van der Waals surface area (Å²) in [5.74, 6) is -1.33. The van der Waals surface area contributed by atoms with Gasteiger partial charge in [0.25, 0.3) is 11.8 Å². The molecule has 1 fully saturated rings. The summed E-state index contributed by atoms with van der Waals surface area (Å²) in [6.07, 6.45) is 3.27. The average Bonchev–Trinajstić information content (AvgIpc) is 2.96. The fourth-order valence-electron chi connectivity index (χ4n) is 4.87. The van der Waals surface area contributed by atoms with Crippen molar-refractivity contribution in [2.24, 2.45) is 5.92 Å². The van der Waals surface area contributed by atoms with Gasteiger partial charge in [0.2, 0.25) is 0 Å². The molecule has 1 saturated heterocycles. The van der Waals surface area contributed by atoms with Crippen molar-refractivity contribution in [3.63, 3.8) is 0 Å². The Kier molecular flexibility index (Phi) is 8.12. The Labute approximate surface area is 231 Å². The molecule has 8 heteroatoms. The number of ether oxygens (including phenoxy) is 1. The van der Waals surface area contributed by atoms with Crippen LogP contribution < -0.4 is 4.90 Å². The van der Waals surface area contributed by atoms with E-state index in [2.05, 4.69) is 0 Å². The molecule has 2 amide bonds. The molecule has 0 bridgehead atoms. The molecule has 39 heavy (non-hydrogen) atoms. The monoisotopic (exact) mass is 544 g/mol. The second-order valence-electron chi connectivity index (χ2n) is 9.56. The number of rotatable bonds is 6. The third-order valence-electron chi connectivity index (χ3n) is 6.85. The lowest BCUT2D eigenvalue weighted by atomic mass is 9.97. The van der Waals surface area contributed by atoms with Gasteiger partial charge in [-0.3, -0.25) is 14.4 Å². The number of piperidine rings is 1. The normalized spacial score (nSPS) is 18.2. The number of hydrogen-bond acceptors (Lipinski definition) is 5. The summed E-state index contributed by atoms with van der Waals surface area (Å²) in [5.41, 5.74) is 2.76. The van der Waals surface area contributed by atoms with Gasteiger partial charge in [0.15, 0.2) is 0 Å². The fourth-order valence-corrected chi connectivity index (χ4v) is 5.91. The van der Waals surface area contributed by atoms with Gasteiger partial charge in [-0.2, -0.15) is 0 Å². The van der Waals surface area contributed by atoms with Crippen molar-refractivity contribution < 1.29 is 23.5 Å². The number of amides is 2. The van der Waals surface area contributed by atoms with Crippen LogP contribution in [-0.2, 0) is 20.9 Å². The van der Waals surface area contributed by atoms with Crippen molar-refractivity contribution in [3.8, 4) is 0 Å². The summed E-state index contributed by atoms with van der Waals surface area (Å²) in [6.45, 7) is 3.18. The summed E-state index contributed by atoms with van der Waals surface area (Å²) < 4.78 is 18.7. The van der Waals surface area contributed by atoms with Crippen LogP contribution in [0.25, 0.3) is 6.08 Å². The molecule has 0 N–H and O–H groups in total. The minimum atomic E-state index is -0.347. The van der Waals surface area contributed by atoms with Crippen LogP contribution in [0.5, 0.6) is 0 Å². The zero-order valence-electron chi connectivity index (χ0n) is 21.6. The average molecular weight is 545 g/mol. The van der Waals surface area contributed by atoms with Gasteiger partial charge in [-0.15, -0.1) is 0 Å². The van der Waals surface area contributed by atoms with Crippen molar-refractivity contribution >= 4 is 41.3 Å². The zero-order chi connectivity index (χ0) is 27.4. The molecule has 0 spiro atoms. The van der Waals surface area contributed by atoms with Gasteiger partial charge < -0.3 is 14.5 Å². The number of thioether (sulfide) groups is 1. The van der Waals surface area contributed by atoms with Crippen LogP contribution in [0.2, 0.25) is 0 Å². The maximum absolute atomic E-state index is 13.7. The maximum atomic E-state index is 13.7. The van der Waals surface area contributed by atoms with E-state index in [0.717, 1.165) is 22.4 Å².